The zero-order valence-corrected chi connectivity index (χ0v) is 13.6. The number of benzene rings is 1. The minimum absolute atomic E-state index is 0.247. The van der Waals surface area contributed by atoms with Crippen molar-refractivity contribution in [2.24, 2.45) is 5.92 Å². The molecule has 0 radical (unpaired) electrons. The Morgan fingerprint density at radius 2 is 2.13 bits per heavy atom. The van der Waals surface area contributed by atoms with Crippen LogP contribution in [0.25, 0.3) is 11.3 Å². The van der Waals surface area contributed by atoms with Crippen molar-refractivity contribution >= 4 is 0 Å². The fourth-order valence-corrected chi connectivity index (χ4v) is 3.20. The van der Waals surface area contributed by atoms with E-state index < -0.39 is 0 Å². The highest BCUT2D eigenvalue weighted by atomic mass is 19.1. The van der Waals surface area contributed by atoms with E-state index in [0.29, 0.717) is 17.2 Å². The first kappa shape index (κ1) is 16.2. The predicted molar refractivity (Wildman–Crippen MR) is 88.6 cm³/mol. The third-order valence-electron chi connectivity index (χ3n) is 4.34. The SMILES string of the molecule is CCOCC1CCCN(Cc2ccc(-c3ccccc3F)o2)C1. The summed E-state index contributed by atoms with van der Waals surface area (Å²) in [6, 6.07) is 10.5. The van der Waals surface area contributed by atoms with E-state index in [2.05, 4.69) is 4.90 Å². The Kier molecular flexibility index (Phi) is 5.47. The first-order chi connectivity index (χ1) is 11.3. The predicted octanol–water partition coefficient (Wildman–Crippen LogP) is 4.33. The van der Waals surface area contributed by atoms with Gasteiger partial charge in [-0.25, -0.2) is 4.39 Å². The monoisotopic (exact) mass is 317 g/mol. The van der Waals surface area contributed by atoms with Crippen LogP contribution in [0, 0.1) is 11.7 Å². The van der Waals surface area contributed by atoms with Crippen LogP contribution in [0.4, 0.5) is 4.39 Å². The van der Waals surface area contributed by atoms with E-state index in [1.165, 1.54) is 18.9 Å². The maximum atomic E-state index is 13.8. The lowest BCUT2D eigenvalue weighted by atomic mass is 9.99. The van der Waals surface area contributed by atoms with Crippen LogP contribution in [-0.2, 0) is 11.3 Å². The zero-order valence-electron chi connectivity index (χ0n) is 13.6. The van der Waals surface area contributed by atoms with Crippen molar-refractivity contribution in [3.05, 3.63) is 48.0 Å². The fourth-order valence-electron chi connectivity index (χ4n) is 3.20. The Hall–Kier alpha value is -1.65. The smallest absolute Gasteiger partial charge is 0.137 e. The molecule has 1 saturated heterocycles. The molecule has 1 atom stereocenters. The molecule has 2 aromatic rings. The molecule has 0 saturated carbocycles. The van der Waals surface area contributed by atoms with Crippen LogP contribution in [0.5, 0.6) is 0 Å². The highest BCUT2D eigenvalue weighted by molar-refractivity contribution is 5.58. The van der Waals surface area contributed by atoms with Gasteiger partial charge in [0.1, 0.15) is 17.3 Å². The summed E-state index contributed by atoms with van der Waals surface area (Å²) in [5, 5.41) is 0. The highest BCUT2D eigenvalue weighted by Crippen LogP contribution is 2.26. The third-order valence-corrected chi connectivity index (χ3v) is 4.34. The number of piperidine rings is 1. The minimum atomic E-state index is -0.247. The zero-order chi connectivity index (χ0) is 16.1. The van der Waals surface area contributed by atoms with Crippen molar-refractivity contribution in [1.29, 1.82) is 0 Å². The fraction of sp³-hybridized carbons (Fsp3) is 0.474. The normalized spacial score (nSPS) is 19.1. The Balaban J connectivity index is 1.62. The van der Waals surface area contributed by atoms with Gasteiger partial charge < -0.3 is 9.15 Å². The summed E-state index contributed by atoms with van der Waals surface area (Å²) < 4.78 is 25.2. The Bertz CT molecular complexity index is 625. The van der Waals surface area contributed by atoms with Crippen LogP contribution in [0.2, 0.25) is 0 Å². The average Bonchev–Trinajstić information content (AvgIpc) is 3.02. The molecule has 0 amide bonds. The molecule has 0 aliphatic carbocycles. The summed E-state index contributed by atoms with van der Waals surface area (Å²) in [7, 11) is 0. The molecule has 0 spiro atoms. The molecule has 1 aromatic carbocycles. The summed E-state index contributed by atoms with van der Waals surface area (Å²) in [5.74, 6) is 1.84. The van der Waals surface area contributed by atoms with Crippen molar-refractivity contribution in [3.63, 3.8) is 0 Å². The number of rotatable bonds is 6. The summed E-state index contributed by atoms with van der Waals surface area (Å²) in [4.78, 5) is 2.40. The Morgan fingerprint density at radius 1 is 1.26 bits per heavy atom. The van der Waals surface area contributed by atoms with Gasteiger partial charge in [0, 0.05) is 13.2 Å². The second-order valence-corrected chi connectivity index (χ2v) is 6.15. The molecule has 23 heavy (non-hydrogen) atoms. The molecule has 0 bridgehead atoms. The molecule has 1 unspecified atom stereocenters. The molecule has 1 fully saturated rings. The van der Waals surface area contributed by atoms with Gasteiger partial charge in [-0.05, 0) is 56.5 Å². The number of likely N-dealkylation sites (tertiary alicyclic amines) is 1. The Labute approximate surface area is 137 Å². The van der Waals surface area contributed by atoms with Crippen LogP contribution >= 0.6 is 0 Å². The molecular formula is C19H24FNO2. The van der Waals surface area contributed by atoms with E-state index in [4.69, 9.17) is 9.15 Å². The molecule has 1 aliphatic heterocycles. The summed E-state index contributed by atoms with van der Waals surface area (Å²) >= 11 is 0. The molecular weight excluding hydrogens is 293 g/mol. The van der Waals surface area contributed by atoms with Crippen LogP contribution in [-0.4, -0.2) is 31.2 Å². The molecule has 124 valence electrons. The quantitative estimate of drug-likeness (QED) is 0.793. The van der Waals surface area contributed by atoms with E-state index in [1.54, 1.807) is 12.1 Å². The van der Waals surface area contributed by atoms with Crippen LogP contribution in [0.3, 0.4) is 0 Å². The van der Waals surface area contributed by atoms with Crippen molar-refractivity contribution < 1.29 is 13.5 Å². The molecule has 1 aromatic heterocycles. The molecule has 3 rings (SSSR count). The van der Waals surface area contributed by atoms with E-state index in [0.717, 1.165) is 38.6 Å². The van der Waals surface area contributed by atoms with Crippen LogP contribution in [0.1, 0.15) is 25.5 Å². The molecule has 2 heterocycles. The number of nitrogens with zero attached hydrogens (tertiary/aromatic N) is 1. The highest BCUT2D eigenvalue weighted by Gasteiger charge is 2.21. The van der Waals surface area contributed by atoms with Gasteiger partial charge in [0.2, 0.25) is 0 Å². The van der Waals surface area contributed by atoms with E-state index >= 15 is 0 Å². The van der Waals surface area contributed by atoms with Gasteiger partial charge in [-0.15, -0.1) is 0 Å². The lowest BCUT2D eigenvalue weighted by Gasteiger charge is -2.31. The third kappa shape index (κ3) is 4.21. The van der Waals surface area contributed by atoms with Crippen LogP contribution < -0.4 is 0 Å². The summed E-state index contributed by atoms with van der Waals surface area (Å²) in [6.07, 6.45) is 2.42. The average molecular weight is 317 g/mol. The molecule has 0 N–H and O–H groups in total. The minimum Gasteiger partial charge on any atom is -0.460 e. The number of hydrogen-bond acceptors (Lipinski definition) is 3. The van der Waals surface area contributed by atoms with E-state index in [9.17, 15) is 4.39 Å². The lowest BCUT2D eigenvalue weighted by molar-refractivity contribution is 0.0625. The van der Waals surface area contributed by atoms with Gasteiger partial charge in [0.05, 0.1) is 18.7 Å². The van der Waals surface area contributed by atoms with Gasteiger partial charge in [0.25, 0.3) is 0 Å². The van der Waals surface area contributed by atoms with Gasteiger partial charge in [0.15, 0.2) is 0 Å². The van der Waals surface area contributed by atoms with Crippen molar-refractivity contribution in [2.45, 2.75) is 26.3 Å². The molecule has 1 aliphatic rings. The topological polar surface area (TPSA) is 25.6 Å². The number of furan rings is 1. The maximum Gasteiger partial charge on any atom is 0.137 e. The largest absolute Gasteiger partial charge is 0.460 e. The first-order valence-corrected chi connectivity index (χ1v) is 8.40. The Morgan fingerprint density at radius 3 is 2.96 bits per heavy atom. The van der Waals surface area contributed by atoms with Crippen molar-refractivity contribution in [1.82, 2.24) is 4.90 Å². The second-order valence-electron chi connectivity index (χ2n) is 6.15. The van der Waals surface area contributed by atoms with Gasteiger partial charge in [-0.3, -0.25) is 4.90 Å². The first-order valence-electron chi connectivity index (χ1n) is 8.40. The van der Waals surface area contributed by atoms with Gasteiger partial charge in [-0.2, -0.15) is 0 Å². The number of ether oxygens (including phenoxy) is 1. The standard InChI is InChI=1S/C19H24FNO2/c1-2-22-14-15-6-5-11-21(12-15)13-16-9-10-19(23-16)17-7-3-4-8-18(17)20/h3-4,7-10,15H,2,5-6,11-14H2,1H3. The number of halogens is 1. The summed E-state index contributed by atoms with van der Waals surface area (Å²) in [6.45, 7) is 6.55. The lowest BCUT2D eigenvalue weighted by Crippen LogP contribution is -2.36. The molecule has 3 nitrogen and oxygen atoms in total. The van der Waals surface area contributed by atoms with Gasteiger partial charge >= 0.3 is 0 Å². The second kappa shape index (κ2) is 7.75. The van der Waals surface area contributed by atoms with Crippen molar-refractivity contribution in [2.75, 3.05) is 26.3 Å². The van der Waals surface area contributed by atoms with E-state index in [1.807, 2.05) is 25.1 Å². The maximum absolute atomic E-state index is 13.8. The van der Waals surface area contributed by atoms with Crippen molar-refractivity contribution in [3.8, 4) is 11.3 Å². The van der Waals surface area contributed by atoms with Gasteiger partial charge in [-0.1, -0.05) is 12.1 Å². The van der Waals surface area contributed by atoms with E-state index in [-0.39, 0.29) is 5.82 Å². The summed E-state index contributed by atoms with van der Waals surface area (Å²) in [5.41, 5.74) is 0.520. The number of hydrogen-bond donors (Lipinski definition) is 0. The molecule has 4 heteroatoms. The van der Waals surface area contributed by atoms with Crippen LogP contribution in [0.15, 0.2) is 40.8 Å².